The summed E-state index contributed by atoms with van der Waals surface area (Å²) in [6.45, 7) is 13.2. The SMILES string of the molecule is CC(C)(C)[S@@+]([O-])N[C@@H](CB1OC(C)(C)C(C)(C)O1)c1ccc(C(F)(F)F)cc1. The van der Waals surface area contributed by atoms with Crippen molar-refractivity contribution in [3.8, 4) is 0 Å². The molecule has 0 aliphatic carbocycles. The molecule has 0 aromatic heterocycles. The van der Waals surface area contributed by atoms with Crippen LogP contribution in [0.1, 0.15) is 65.6 Å². The standard InChI is InChI=1S/C19H29BF3NO3S/c1-16(2,3)28(25)24-15(12-20-26-17(4,5)18(6,7)27-20)13-8-10-14(11-9-13)19(21,22)23/h8-11,15,24H,12H2,1-7H3/t15-,28+/m0/s1. The second-order valence-corrected chi connectivity index (χ2v) is 11.1. The van der Waals surface area contributed by atoms with Crippen LogP contribution in [0.4, 0.5) is 13.2 Å². The van der Waals surface area contributed by atoms with E-state index in [0.717, 1.165) is 12.1 Å². The molecule has 1 N–H and O–H groups in total. The van der Waals surface area contributed by atoms with Crippen LogP contribution < -0.4 is 4.72 Å². The second kappa shape index (κ2) is 7.83. The third kappa shape index (κ3) is 5.45. The predicted molar refractivity (Wildman–Crippen MR) is 106 cm³/mol. The molecule has 28 heavy (non-hydrogen) atoms. The Bertz CT molecular complexity index is 658. The Hall–Kier alpha value is -0.735. The van der Waals surface area contributed by atoms with Gasteiger partial charge in [0, 0.05) is 17.7 Å². The summed E-state index contributed by atoms with van der Waals surface area (Å²) in [5.74, 6) is 0. The molecule has 1 aromatic carbocycles. The van der Waals surface area contributed by atoms with E-state index in [1.165, 1.54) is 12.1 Å². The number of alkyl halides is 3. The minimum Gasteiger partial charge on any atom is -0.598 e. The van der Waals surface area contributed by atoms with Crippen LogP contribution in [0.25, 0.3) is 0 Å². The molecule has 1 saturated heterocycles. The number of hydrogen-bond acceptors (Lipinski definition) is 4. The molecule has 1 fully saturated rings. The summed E-state index contributed by atoms with van der Waals surface area (Å²) in [6.07, 6.45) is -4.08. The molecule has 158 valence electrons. The Morgan fingerprint density at radius 1 is 1.04 bits per heavy atom. The highest BCUT2D eigenvalue weighted by molar-refractivity contribution is 7.90. The van der Waals surface area contributed by atoms with E-state index in [2.05, 4.69) is 4.72 Å². The van der Waals surface area contributed by atoms with Gasteiger partial charge in [0.1, 0.15) is 4.75 Å². The first-order valence-electron chi connectivity index (χ1n) is 9.24. The average molecular weight is 419 g/mol. The van der Waals surface area contributed by atoms with Crippen molar-refractivity contribution in [2.45, 2.75) is 83.0 Å². The molecule has 9 heteroatoms. The minimum atomic E-state index is -4.40. The lowest BCUT2D eigenvalue weighted by Crippen LogP contribution is -2.42. The molecule has 1 aliphatic rings. The molecule has 0 unspecified atom stereocenters. The monoisotopic (exact) mass is 419 g/mol. The summed E-state index contributed by atoms with van der Waals surface area (Å²) >= 11 is -1.41. The fourth-order valence-electron chi connectivity index (χ4n) is 2.72. The lowest BCUT2D eigenvalue weighted by atomic mass is 9.78. The van der Waals surface area contributed by atoms with Gasteiger partial charge in [-0.15, -0.1) is 4.72 Å². The summed E-state index contributed by atoms with van der Waals surface area (Å²) in [4.78, 5) is 0. The Labute approximate surface area is 169 Å². The van der Waals surface area contributed by atoms with E-state index >= 15 is 0 Å². The van der Waals surface area contributed by atoms with E-state index in [0.29, 0.717) is 11.9 Å². The molecule has 2 atom stereocenters. The summed E-state index contributed by atoms with van der Waals surface area (Å²) < 4.78 is 65.8. The Morgan fingerprint density at radius 3 is 1.89 bits per heavy atom. The molecule has 0 radical (unpaired) electrons. The third-order valence-corrected chi connectivity index (χ3v) is 6.79. The Morgan fingerprint density at radius 2 is 1.50 bits per heavy atom. The van der Waals surface area contributed by atoms with Gasteiger partial charge in [0.05, 0.1) is 22.8 Å². The van der Waals surface area contributed by atoms with Crippen molar-refractivity contribution in [2.75, 3.05) is 0 Å². The summed E-state index contributed by atoms with van der Waals surface area (Å²) in [5, 5.41) is 0. The lowest BCUT2D eigenvalue weighted by Gasteiger charge is -2.32. The Balaban J connectivity index is 2.25. The van der Waals surface area contributed by atoms with Gasteiger partial charge in [0.2, 0.25) is 0 Å². The molecule has 1 aromatic rings. The van der Waals surface area contributed by atoms with Gasteiger partial charge in [-0.25, -0.2) is 0 Å². The van der Waals surface area contributed by atoms with Crippen LogP contribution >= 0.6 is 0 Å². The zero-order chi connectivity index (χ0) is 21.5. The molecular weight excluding hydrogens is 390 g/mol. The van der Waals surface area contributed by atoms with Crippen molar-refractivity contribution in [1.82, 2.24) is 4.72 Å². The number of benzene rings is 1. The molecule has 2 rings (SSSR count). The van der Waals surface area contributed by atoms with Crippen molar-refractivity contribution in [1.29, 1.82) is 0 Å². The normalized spacial score (nSPS) is 21.6. The molecule has 0 bridgehead atoms. The van der Waals surface area contributed by atoms with Gasteiger partial charge in [0.15, 0.2) is 0 Å². The highest BCUT2D eigenvalue weighted by Gasteiger charge is 2.52. The van der Waals surface area contributed by atoms with Gasteiger partial charge in [-0.05, 0) is 66.2 Å². The van der Waals surface area contributed by atoms with E-state index in [1.807, 2.05) is 48.5 Å². The average Bonchev–Trinajstić information content (AvgIpc) is 2.72. The van der Waals surface area contributed by atoms with Crippen LogP contribution in [0.5, 0.6) is 0 Å². The molecule has 0 spiro atoms. The highest BCUT2D eigenvalue weighted by atomic mass is 32.2. The van der Waals surface area contributed by atoms with Gasteiger partial charge < -0.3 is 13.9 Å². The van der Waals surface area contributed by atoms with E-state index in [9.17, 15) is 17.7 Å². The number of hydrogen-bond donors (Lipinski definition) is 1. The number of nitrogens with one attached hydrogen (secondary N) is 1. The molecule has 0 saturated carbocycles. The van der Waals surface area contributed by atoms with Crippen LogP contribution in [-0.4, -0.2) is 27.6 Å². The van der Waals surface area contributed by atoms with Gasteiger partial charge in [-0.3, -0.25) is 0 Å². The van der Waals surface area contributed by atoms with Crippen molar-refractivity contribution in [3.05, 3.63) is 35.4 Å². The largest absolute Gasteiger partial charge is 0.598 e. The van der Waals surface area contributed by atoms with Gasteiger partial charge in [0.25, 0.3) is 0 Å². The van der Waals surface area contributed by atoms with Crippen molar-refractivity contribution < 1.29 is 27.0 Å². The minimum absolute atomic E-state index is 0.319. The fourth-order valence-corrected chi connectivity index (χ4v) is 3.56. The molecule has 1 aliphatic heterocycles. The quantitative estimate of drug-likeness (QED) is 0.546. The molecule has 1 heterocycles. The van der Waals surface area contributed by atoms with Gasteiger partial charge in [-0.2, -0.15) is 13.2 Å². The first-order valence-corrected chi connectivity index (χ1v) is 10.4. The van der Waals surface area contributed by atoms with Gasteiger partial charge >= 0.3 is 13.3 Å². The van der Waals surface area contributed by atoms with E-state index in [4.69, 9.17) is 9.31 Å². The lowest BCUT2D eigenvalue weighted by molar-refractivity contribution is -0.137. The zero-order valence-electron chi connectivity index (χ0n) is 17.4. The predicted octanol–water partition coefficient (Wildman–Crippen LogP) is 4.89. The first kappa shape index (κ1) is 23.5. The van der Waals surface area contributed by atoms with Crippen molar-refractivity contribution in [2.24, 2.45) is 0 Å². The number of halogens is 3. The molecular formula is C19H29BF3NO3S. The summed E-state index contributed by atoms with van der Waals surface area (Å²) in [5.41, 5.74) is -1.17. The fraction of sp³-hybridized carbons (Fsp3) is 0.684. The summed E-state index contributed by atoms with van der Waals surface area (Å²) in [6, 6.07) is 4.40. The highest BCUT2D eigenvalue weighted by Crippen LogP contribution is 2.40. The molecule has 4 nitrogen and oxygen atoms in total. The van der Waals surface area contributed by atoms with Crippen LogP contribution in [-0.2, 0) is 26.8 Å². The first-order chi connectivity index (χ1) is 12.5. The number of rotatable bonds is 5. The maximum Gasteiger partial charge on any atom is 0.459 e. The van der Waals surface area contributed by atoms with E-state index in [1.54, 1.807) is 0 Å². The van der Waals surface area contributed by atoms with Crippen LogP contribution in [0.2, 0.25) is 6.32 Å². The Kier molecular flexibility index (Phi) is 6.59. The van der Waals surface area contributed by atoms with Crippen molar-refractivity contribution >= 4 is 18.5 Å². The zero-order valence-corrected chi connectivity index (χ0v) is 18.3. The third-order valence-electron chi connectivity index (χ3n) is 5.18. The molecule has 0 amide bonds. The van der Waals surface area contributed by atoms with E-state index in [-0.39, 0.29) is 0 Å². The second-order valence-electron chi connectivity index (χ2n) is 9.09. The maximum absolute atomic E-state index is 12.9. The summed E-state index contributed by atoms with van der Waals surface area (Å²) in [7, 11) is -0.568. The van der Waals surface area contributed by atoms with Crippen LogP contribution in [0, 0.1) is 0 Å². The van der Waals surface area contributed by atoms with E-state index < -0.39 is 52.2 Å². The maximum atomic E-state index is 12.9. The van der Waals surface area contributed by atoms with Crippen LogP contribution in [0.15, 0.2) is 24.3 Å². The topological polar surface area (TPSA) is 53.5 Å². The smallest absolute Gasteiger partial charge is 0.459 e. The van der Waals surface area contributed by atoms with Crippen molar-refractivity contribution in [3.63, 3.8) is 0 Å². The van der Waals surface area contributed by atoms with Gasteiger partial charge in [-0.1, -0.05) is 12.1 Å². The van der Waals surface area contributed by atoms with Crippen LogP contribution in [0.3, 0.4) is 0 Å².